The van der Waals surface area contributed by atoms with Crippen molar-refractivity contribution in [3.63, 3.8) is 0 Å². The molecule has 8 heavy (non-hydrogen) atoms. The van der Waals surface area contributed by atoms with Gasteiger partial charge in [-0.15, -0.1) is 0 Å². The second-order valence-corrected chi connectivity index (χ2v) is 1.38. The molecule has 0 aromatic carbocycles. The molecule has 1 aliphatic rings. The SMILES string of the molecule is O=CC1=CCOC1=O. The molecule has 0 saturated carbocycles. The van der Waals surface area contributed by atoms with Crippen molar-refractivity contribution in [2.24, 2.45) is 0 Å². The van der Waals surface area contributed by atoms with Crippen LogP contribution in [0.3, 0.4) is 0 Å². The first-order valence-electron chi connectivity index (χ1n) is 2.17. The number of carbonyl (C=O) groups excluding carboxylic acids is 2. The molecule has 0 amide bonds. The van der Waals surface area contributed by atoms with E-state index in [1.807, 2.05) is 0 Å². The molecule has 1 rings (SSSR count). The molecule has 0 bridgehead atoms. The molecule has 1 aliphatic heterocycles. The van der Waals surface area contributed by atoms with E-state index in [0.717, 1.165) is 0 Å². The number of hydrogen-bond donors (Lipinski definition) is 0. The van der Waals surface area contributed by atoms with Gasteiger partial charge in [0.15, 0.2) is 6.29 Å². The highest BCUT2D eigenvalue weighted by molar-refractivity contribution is 6.08. The van der Waals surface area contributed by atoms with E-state index in [4.69, 9.17) is 0 Å². The summed E-state index contributed by atoms with van der Waals surface area (Å²) in [5, 5.41) is 0. The maximum atomic E-state index is 10.3. The molecule has 0 unspecified atom stereocenters. The summed E-state index contributed by atoms with van der Waals surface area (Å²) in [7, 11) is 0. The van der Waals surface area contributed by atoms with E-state index in [9.17, 15) is 9.59 Å². The van der Waals surface area contributed by atoms with Gasteiger partial charge in [-0.1, -0.05) is 0 Å². The maximum Gasteiger partial charge on any atom is 0.341 e. The van der Waals surface area contributed by atoms with Crippen LogP contribution in [0.1, 0.15) is 0 Å². The Kier molecular flexibility index (Phi) is 1.12. The monoisotopic (exact) mass is 112 g/mol. The van der Waals surface area contributed by atoms with Crippen LogP contribution in [0, 0.1) is 0 Å². The third-order valence-electron chi connectivity index (χ3n) is 0.880. The largest absolute Gasteiger partial charge is 0.458 e. The summed E-state index contributed by atoms with van der Waals surface area (Å²) >= 11 is 0. The summed E-state index contributed by atoms with van der Waals surface area (Å²) in [4.78, 5) is 20.1. The van der Waals surface area contributed by atoms with E-state index in [1.54, 1.807) is 0 Å². The molecular formula is C5H4O3. The molecule has 0 aliphatic carbocycles. The normalized spacial score (nSPS) is 17.5. The van der Waals surface area contributed by atoms with Crippen molar-refractivity contribution >= 4 is 12.3 Å². The van der Waals surface area contributed by atoms with Gasteiger partial charge in [0.1, 0.15) is 6.61 Å². The van der Waals surface area contributed by atoms with Crippen molar-refractivity contribution in [1.82, 2.24) is 0 Å². The first kappa shape index (κ1) is 5.03. The van der Waals surface area contributed by atoms with Gasteiger partial charge in [-0.05, 0) is 6.08 Å². The minimum absolute atomic E-state index is 0.130. The molecule has 0 aromatic heterocycles. The lowest BCUT2D eigenvalue weighted by Crippen LogP contribution is -1.99. The van der Waals surface area contributed by atoms with E-state index in [2.05, 4.69) is 4.74 Å². The van der Waals surface area contributed by atoms with E-state index in [0.29, 0.717) is 6.29 Å². The van der Waals surface area contributed by atoms with Crippen LogP contribution in [0.15, 0.2) is 11.6 Å². The summed E-state index contributed by atoms with van der Waals surface area (Å²) in [6.45, 7) is 0.243. The number of carbonyl (C=O) groups is 2. The summed E-state index contributed by atoms with van der Waals surface area (Å²) in [6, 6.07) is 0. The maximum absolute atomic E-state index is 10.3. The topological polar surface area (TPSA) is 43.4 Å². The number of ether oxygens (including phenoxy) is 1. The zero-order chi connectivity index (χ0) is 5.98. The van der Waals surface area contributed by atoms with E-state index < -0.39 is 5.97 Å². The molecule has 42 valence electrons. The number of esters is 1. The van der Waals surface area contributed by atoms with Gasteiger partial charge in [-0.3, -0.25) is 4.79 Å². The highest BCUT2D eigenvalue weighted by atomic mass is 16.5. The summed E-state index contributed by atoms with van der Waals surface area (Å²) < 4.78 is 4.39. The van der Waals surface area contributed by atoms with Gasteiger partial charge in [0.25, 0.3) is 0 Å². The van der Waals surface area contributed by atoms with Crippen LogP contribution < -0.4 is 0 Å². The first-order valence-corrected chi connectivity index (χ1v) is 2.17. The Bertz CT molecular complexity index is 157. The predicted molar refractivity (Wildman–Crippen MR) is 25.1 cm³/mol. The van der Waals surface area contributed by atoms with Gasteiger partial charge >= 0.3 is 5.97 Å². The number of rotatable bonds is 1. The summed E-state index contributed by atoms with van der Waals surface area (Å²) in [5.41, 5.74) is 0.130. The minimum atomic E-state index is -0.514. The van der Waals surface area contributed by atoms with Crippen LogP contribution in [-0.2, 0) is 14.3 Å². The van der Waals surface area contributed by atoms with Crippen LogP contribution >= 0.6 is 0 Å². The van der Waals surface area contributed by atoms with E-state index in [-0.39, 0.29) is 12.2 Å². The molecule has 0 radical (unpaired) electrons. The Morgan fingerprint density at radius 3 is 2.75 bits per heavy atom. The molecule has 0 spiro atoms. The fraction of sp³-hybridized carbons (Fsp3) is 0.200. The Morgan fingerprint density at radius 2 is 2.50 bits per heavy atom. The minimum Gasteiger partial charge on any atom is -0.458 e. The molecular weight excluding hydrogens is 108 g/mol. The van der Waals surface area contributed by atoms with Crippen molar-refractivity contribution in [2.45, 2.75) is 0 Å². The summed E-state index contributed by atoms with van der Waals surface area (Å²) in [6.07, 6.45) is 1.95. The van der Waals surface area contributed by atoms with Gasteiger partial charge < -0.3 is 4.74 Å². The molecule has 0 N–H and O–H groups in total. The third-order valence-corrected chi connectivity index (χ3v) is 0.880. The van der Waals surface area contributed by atoms with Crippen molar-refractivity contribution in [3.05, 3.63) is 11.6 Å². The molecule has 1 heterocycles. The third kappa shape index (κ3) is 0.621. The van der Waals surface area contributed by atoms with E-state index >= 15 is 0 Å². The fourth-order valence-electron chi connectivity index (χ4n) is 0.470. The van der Waals surface area contributed by atoms with Gasteiger partial charge in [0, 0.05) is 0 Å². The molecule has 0 aromatic rings. The Balaban J connectivity index is 2.76. The smallest absolute Gasteiger partial charge is 0.341 e. The average molecular weight is 112 g/mol. The quantitative estimate of drug-likeness (QED) is 0.265. The van der Waals surface area contributed by atoms with Crippen LogP contribution in [-0.4, -0.2) is 18.9 Å². The lowest BCUT2D eigenvalue weighted by molar-refractivity contribution is -0.136. The molecule has 3 heteroatoms. The Morgan fingerprint density at radius 1 is 1.75 bits per heavy atom. The molecule has 0 fully saturated rings. The van der Waals surface area contributed by atoms with Crippen molar-refractivity contribution in [2.75, 3.05) is 6.61 Å². The zero-order valence-corrected chi connectivity index (χ0v) is 4.09. The van der Waals surface area contributed by atoms with Gasteiger partial charge in [-0.25, -0.2) is 4.79 Å². The predicted octanol–water partition coefficient (Wildman–Crippen LogP) is -0.332. The lowest BCUT2D eigenvalue weighted by Gasteiger charge is -1.85. The van der Waals surface area contributed by atoms with Gasteiger partial charge in [0.2, 0.25) is 0 Å². The summed E-state index contributed by atoms with van der Waals surface area (Å²) in [5.74, 6) is -0.514. The second kappa shape index (κ2) is 1.78. The van der Waals surface area contributed by atoms with Gasteiger partial charge in [-0.2, -0.15) is 0 Å². The van der Waals surface area contributed by atoms with Crippen molar-refractivity contribution < 1.29 is 14.3 Å². The second-order valence-electron chi connectivity index (χ2n) is 1.38. The standard InChI is InChI=1S/C5H4O3/c6-3-4-1-2-8-5(4)7/h1,3H,2H2. The first-order chi connectivity index (χ1) is 3.84. The lowest BCUT2D eigenvalue weighted by atomic mass is 10.3. The average Bonchev–Trinajstić information content (AvgIpc) is 2.14. The Hall–Kier alpha value is -1.12. The van der Waals surface area contributed by atoms with Crippen molar-refractivity contribution in [1.29, 1.82) is 0 Å². The van der Waals surface area contributed by atoms with E-state index in [1.165, 1.54) is 6.08 Å². The zero-order valence-electron chi connectivity index (χ0n) is 4.09. The molecule has 0 saturated heterocycles. The number of aldehydes is 1. The van der Waals surface area contributed by atoms with Crippen LogP contribution in [0.25, 0.3) is 0 Å². The number of hydrogen-bond acceptors (Lipinski definition) is 3. The number of cyclic esters (lactones) is 1. The molecule has 3 nitrogen and oxygen atoms in total. The van der Waals surface area contributed by atoms with Crippen LogP contribution in [0.4, 0.5) is 0 Å². The van der Waals surface area contributed by atoms with Crippen LogP contribution in [0.5, 0.6) is 0 Å². The fourth-order valence-corrected chi connectivity index (χ4v) is 0.470. The van der Waals surface area contributed by atoms with Gasteiger partial charge in [0.05, 0.1) is 5.57 Å². The highest BCUT2D eigenvalue weighted by Crippen LogP contribution is 2.01. The van der Waals surface area contributed by atoms with Crippen LogP contribution in [0.2, 0.25) is 0 Å². The Labute approximate surface area is 45.9 Å². The molecule has 0 atom stereocenters. The van der Waals surface area contributed by atoms with Crippen molar-refractivity contribution in [3.8, 4) is 0 Å². The highest BCUT2D eigenvalue weighted by Gasteiger charge is 2.14.